The van der Waals surface area contributed by atoms with Crippen molar-refractivity contribution < 1.29 is 0 Å². The molecule has 1 unspecified atom stereocenters. The number of thioether (sulfide) groups is 1. The lowest BCUT2D eigenvalue weighted by molar-refractivity contribution is 0.515. The Kier molecular flexibility index (Phi) is 5.15. The summed E-state index contributed by atoms with van der Waals surface area (Å²) < 4.78 is 0. The molecule has 1 aromatic carbocycles. The SMILES string of the molecule is CNC(CSC1CCCCC1)c1cccc2cnccc12. The predicted molar refractivity (Wildman–Crippen MR) is 92.9 cm³/mol. The average Bonchev–Trinajstić information content (AvgIpc) is 2.56. The van der Waals surface area contributed by atoms with Crippen LogP contribution in [0, 0.1) is 0 Å². The lowest BCUT2D eigenvalue weighted by Gasteiger charge is -2.24. The smallest absolute Gasteiger partial charge is 0.0415 e. The Hall–Kier alpha value is -1.06. The van der Waals surface area contributed by atoms with Gasteiger partial charge in [-0.3, -0.25) is 4.98 Å². The van der Waals surface area contributed by atoms with Crippen molar-refractivity contribution in [3.63, 3.8) is 0 Å². The van der Waals surface area contributed by atoms with Gasteiger partial charge in [-0.1, -0.05) is 37.5 Å². The van der Waals surface area contributed by atoms with E-state index < -0.39 is 0 Å². The van der Waals surface area contributed by atoms with Crippen LogP contribution in [0.5, 0.6) is 0 Å². The Labute approximate surface area is 131 Å². The molecule has 2 aromatic rings. The summed E-state index contributed by atoms with van der Waals surface area (Å²) in [6.07, 6.45) is 10.9. The number of hydrogen-bond acceptors (Lipinski definition) is 3. The molecule has 1 aliphatic rings. The van der Waals surface area contributed by atoms with Crippen molar-refractivity contribution in [1.82, 2.24) is 10.3 Å². The van der Waals surface area contributed by atoms with Gasteiger partial charge in [0.2, 0.25) is 0 Å². The molecule has 1 aromatic heterocycles. The fourth-order valence-electron chi connectivity index (χ4n) is 3.24. The summed E-state index contributed by atoms with van der Waals surface area (Å²) in [7, 11) is 2.08. The molecule has 0 radical (unpaired) electrons. The Balaban J connectivity index is 1.75. The highest BCUT2D eigenvalue weighted by Crippen LogP contribution is 2.32. The molecular formula is C18H24N2S. The number of fused-ring (bicyclic) bond motifs is 1. The summed E-state index contributed by atoms with van der Waals surface area (Å²) >= 11 is 2.16. The molecule has 112 valence electrons. The Morgan fingerprint density at radius 3 is 2.90 bits per heavy atom. The maximum atomic E-state index is 4.23. The second-order valence-electron chi connectivity index (χ2n) is 5.88. The third-order valence-electron chi connectivity index (χ3n) is 4.49. The summed E-state index contributed by atoms with van der Waals surface area (Å²) in [5.41, 5.74) is 1.40. The molecule has 1 saturated carbocycles. The maximum Gasteiger partial charge on any atom is 0.0415 e. The van der Waals surface area contributed by atoms with Gasteiger partial charge in [0.05, 0.1) is 0 Å². The predicted octanol–water partition coefficient (Wildman–Crippen LogP) is 4.56. The molecule has 1 N–H and O–H groups in total. The first kappa shape index (κ1) is 14.9. The zero-order valence-electron chi connectivity index (χ0n) is 12.7. The molecule has 21 heavy (non-hydrogen) atoms. The Bertz CT molecular complexity index is 573. The van der Waals surface area contributed by atoms with Crippen molar-refractivity contribution in [2.75, 3.05) is 12.8 Å². The Morgan fingerprint density at radius 2 is 2.10 bits per heavy atom. The monoisotopic (exact) mass is 300 g/mol. The molecule has 1 heterocycles. The topological polar surface area (TPSA) is 24.9 Å². The largest absolute Gasteiger partial charge is 0.312 e. The van der Waals surface area contributed by atoms with Crippen LogP contribution in [0.15, 0.2) is 36.7 Å². The highest BCUT2D eigenvalue weighted by molar-refractivity contribution is 7.99. The number of rotatable bonds is 5. The fraction of sp³-hybridized carbons (Fsp3) is 0.500. The molecule has 2 nitrogen and oxygen atoms in total. The number of benzene rings is 1. The van der Waals surface area contributed by atoms with E-state index in [0.717, 1.165) is 11.0 Å². The number of aromatic nitrogens is 1. The molecule has 0 amide bonds. The van der Waals surface area contributed by atoms with E-state index in [2.05, 4.69) is 53.4 Å². The lowest BCUT2D eigenvalue weighted by atomic mass is 10.0. The number of nitrogens with zero attached hydrogens (tertiary/aromatic N) is 1. The third-order valence-corrected chi connectivity index (χ3v) is 5.96. The van der Waals surface area contributed by atoms with E-state index in [4.69, 9.17) is 0 Å². The summed E-state index contributed by atoms with van der Waals surface area (Å²) in [6, 6.07) is 9.11. The van der Waals surface area contributed by atoms with Gasteiger partial charge in [0.15, 0.2) is 0 Å². The highest BCUT2D eigenvalue weighted by atomic mass is 32.2. The van der Waals surface area contributed by atoms with E-state index in [1.165, 1.54) is 48.4 Å². The first-order valence-corrected chi connectivity index (χ1v) is 9.05. The van der Waals surface area contributed by atoms with E-state index in [1.807, 2.05) is 12.4 Å². The normalized spacial score (nSPS) is 18.0. The molecule has 1 atom stereocenters. The zero-order chi connectivity index (χ0) is 14.5. The standard InChI is InChI=1S/C18H24N2S/c1-19-18(13-21-15-7-3-2-4-8-15)17-9-5-6-14-12-20-11-10-16(14)17/h5-6,9-12,15,18-19H,2-4,7-8,13H2,1H3. The van der Waals surface area contributed by atoms with Gasteiger partial charge in [-0.2, -0.15) is 11.8 Å². The van der Waals surface area contributed by atoms with Crippen molar-refractivity contribution in [2.45, 2.75) is 43.4 Å². The lowest BCUT2D eigenvalue weighted by Crippen LogP contribution is -2.21. The first-order chi connectivity index (χ1) is 10.4. The summed E-state index contributed by atoms with van der Waals surface area (Å²) in [6.45, 7) is 0. The van der Waals surface area contributed by atoms with E-state index in [-0.39, 0.29) is 0 Å². The molecule has 1 fully saturated rings. The van der Waals surface area contributed by atoms with E-state index in [0.29, 0.717) is 6.04 Å². The van der Waals surface area contributed by atoms with Gasteiger partial charge < -0.3 is 5.32 Å². The third kappa shape index (κ3) is 3.58. The number of nitrogens with one attached hydrogen (secondary N) is 1. The van der Waals surface area contributed by atoms with Crippen molar-refractivity contribution in [3.05, 3.63) is 42.2 Å². The fourth-order valence-corrected chi connectivity index (χ4v) is 4.72. The van der Waals surface area contributed by atoms with E-state index in [1.54, 1.807) is 0 Å². The van der Waals surface area contributed by atoms with Crippen LogP contribution in [0.3, 0.4) is 0 Å². The maximum absolute atomic E-state index is 4.23. The minimum Gasteiger partial charge on any atom is -0.312 e. The summed E-state index contributed by atoms with van der Waals surface area (Å²) in [5.74, 6) is 1.16. The van der Waals surface area contributed by atoms with Crippen molar-refractivity contribution in [1.29, 1.82) is 0 Å². The molecule has 3 rings (SSSR count). The molecular weight excluding hydrogens is 276 g/mol. The van der Waals surface area contributed by atoms with Crippen LogP contribution >= 0.6 is 11.8 Å². The Morgan fingerprint density at radius 1 is 1.24 bits per heavy atom. The molecule has 0 aliphatic heterocycles. The van der Waals surface area contributed by atoms with Crippen molar-refractivity contribution in [3.8, 4) is 0 Å². The van der Waals surface area contributed by atoms with Gasteiger partial charge in [-0.05, 0) is 36.9 Å². The van der Waals surface area contributed by atoms with Gasteiger partial charge in [0.25, 0.3) is 0 Å². The quantitative estimate of drug-likeness (QED) is 0.876. The van der Waals surface area contributed by atoms with Crippen LogP contribution in [0.1, 0.15) is 43.7 Å². The van der Waals surface area contributed by atoms with Crippen molar-refractivity contribution in [2.24, 2.45) is 0 Å². The number of hydrogen-bond donors (Lipinski definition) is 1. The molecule has 3 heteroatoms. The second kappa shape index (κ2) is 7.28. The average molecular weight is 300 g/mol. The molecule has 0 bridgehead atoms. The van der Waals surface area contributed by atoms with Gasteiger partial charge in [0.1, 0.15) is 0 Å². The van der Waals surface area contributed by atoms with Gasteiger partial charge >= 0.3 is 0 Å². The van der Waals surface area contributed by atoms with Crippen LogP contribution in [0.25, 0.3) is 10.8 Å². The minimum absolute atomic E-state index is 0.419. The van der Waals surface area contributed by atoms with Crippen LogP contribution in [-0.2, 0) is 0 Å². The van der Waals surface area contributed by atoms with Crippen LogP contribution < -0.4 is 5.32 Å². The summed E-state index contributed by atoms with van der Waals surface area (Å²) in [4.78, 5) is 4.23. The van der Waals surface area contributed by atoms with Crippen LogP contribution in [0.2, 0.25) is 0 Å². The van der Waals surface area contributed by atoms with E-state index in [9.17, 15) is 0 Å². The molecule has 0 spiro atoms. The van der Waals surface area contributed by atoms with E-state index >= 15 is 0 Å². The van der Waals surface area contributed by atoms with Crippen molar-refractivity contribution >= 4 is 22.5 Å². The highest BCUT2D eigenvalue weighted by Gasteiger charge is 2.18. The van der Waals surface area contributed by atoms with Gasteiger partial charge in [0, 0.05) is 34.8 Å². The number of pyridine rings is 1. The minimum atomic E-state index is 0.419. The first-order valence-electron chi connectivity index (χ1n) is 8.00. The molecule has 1 aliphatic carbocycles. The van der Waals surface area contributed by atoms with Gasteiger partial charge in [-0.25, -0.2) is 0 Å². The molecule has 0 saturated heterocycles. The van der Waals surface area contributed by atoms with Crippen LogP contribution in [-0.4, -0.2) is 23.0 Å². The second-order valence-corrected chi connectivity index (χ2v) is 7.21. The zero-order valence-corrected chi connectivity index (χ0v) is 13.5. The van der Waals surface area contributed by atoms with Crippen LogP contribution in [0.4, 0.5) is 0 Å². The summed E-state index contributed by atoms with van der Waals surface area (Å²) in [5, 5.41) is 6.94. The van der Waals surface area contributed by atoms with Gasteiger partial charge in [-0.15, -0.1) is 0 Å².